The predicted molar refractivity (Wildman–Crippen MR) is 96.6 cm³/mol. The molecule has 1 unspecified atom stereocenters. The highest BCUT2D eigenvalue weighted by molar-refractivity contribution is 7.89. The SMILES string of the molecule is Cc1ccc(C(C)(C)C)cc1S(=O)(=O)N1CCn2cccc2C1C. The van der Waals surface area contributed by atoms with Crippen molar-refractivity contribution in [2.24, 2.45) is 0 Å². The van der Waals surface area contributed by atoms with Gasteiger partial charge in [-0.05, 0) is 48.6 Å². The second kappa shape index (κ2) is 5.74. The highest BCUT2D eigenvalue weighted by Gasteiger charge is 2.35. The molecule has 1 aliphatic rings. The van der Waals surface area contributed by atoms with E-state index >= 15 is 0 Å². The first-order chi connectivity index (χ1) is 11.1. The van der Waals surface area contributed by atoms with Gasteiger partial charge in [0.25, 0.3) is 0 Å². The fraction of sp³-hybridized carbons (Fsp3) is 0.474. The summed E-state index contributed by atoms with van der Waals surface area (Å²) in [4.78, 5) is 0.432. The molecule has 3 rings (SSSR count). The lowest BCUT2D eigenvalue weighted by atomic mass is 9.87. The summed E-state index contributed by atoms with van der Waals surface area (Å²) >= 11 is 0. The van der Waals surface area contributed by atoms with Crippen molar-refractivity contribution in [3.63, 3.8) is 0 Å². The molecule has 0 N–H and O–H groups in total. The minimum Gasteiger partial charge on any atom is -0.349 e. The van der Waals surface area contributed by atoms with E-state index in [4.69, 9.17) is 0 Å². The molecule has 24 heavy (non-hydrogen) atoms. The molecular formula is C19H26N2O2S. The third kappa shape index (κ3) is 2.80. The van der Waals surface area contributed by atoms with Crippen molar-refractivity contribution in [2.45, 2.75) is 57.5 Å². The molecule has 0 bridgehead atoms. The zero-order chi connectivity index (χ0) is 17.7. The Morgan fingerprint density at radius 3 is 2.50 bits per heavy atom. The summed E-state index contributed by atoms with van der Waals surface area (Å²) in [5.41, 5.74) is 2.81. The molecule has 1 aliphatic heterocycles. The minimum absolute atomic E-state index is 0.0832. The van der Waals surface area contributed by atoms with Gasteiger partial charge < -0.3 is 4.57 Å². The van der Waals surface area contributed by atoms with Crippen LogP contribution < -0.4 is 0 Å². The normalized spacial score (nSPS) is 19.3. The quantitative estimate of drug-likeness (QED) is 0.829. The van der Waals surface area contributed by atoms with Crippen molar-refractivity contribution in [1.29, 1.82) is 0 Å². The largest absolute Gasteiger partial charge is 0.349 e. The molecule has 5 heteroatoms. The van der Waals surface area contributed by atoms with Gasteiger partial charge in [-0.2, -0.15) is 4.31 Å². The number of aromatic nitrogens is 1. The summed E-state index contributed by atoms with van der Waals surface area (Å²) in [7, 11) is -3.53. The van der Waals surface area contributed by atoms with E-state index in [-0.39, 0.29) is 11.5 Å². The van der Waals surface area contributed by atoms with E-state index in [0.29, 0.717) is 18.0 Å². The molecule has 130 valence electrons. The van der Waals surface area contributed by atoms with Gasteiger partial charge in [-0.15, -0.1) is 0 Å². The molecule has 1 atom stereocenters. The summed E-state index contributed by atoms with van der Waals surface area (Å²) < 4.78 is 30.5. The average molecular weight is 346 g/mol. The van der Waals surface area contributed by atoms with E-state index in [1.807, 2.05) is 50.4 Å². The Morgan fingerprint density at radius 2 is 1.83 bits per heavy atom. The Kier molecular flexibility index (Phi) is 4.12. The van der Waals surface area contributed by atoms with E-state index in [9.17, 15) is 8.42 Å². The Labute approximate surface area is 145 Å². The third-order valence-corrected chi connectivity index (χ3v) is 7.04. The molecular weight excluding hydrogens is 320 g/mol. The van der Waals surface area contributed by atoms with Crippen molar-refractivity contribution >= 4 is 10.0 Å². The molecule has 0 spiro atoms. The highest BCUT2D eigenvalue weighted by Crippen LogP contribution is 2.34. The Bertz CT molecular complexity index is 860. The fourth-order valence-corrected chi connectivity index (χ4v) is 5.21. The number of sulfonamides is 1. The van der Waals surface area contributed by atoms with E-state index in [0.717, 1.165) is 16.8 Å². The number of rotatable bonds is 2. The molecule has 2 heterocycles. The molecule has 0 saturated carbocycles. The molecule has 0 aliphatic carbocycles. The van der Waals surface area contributed by atoms with Crippen LogP contribution in [-0.2, 0) is 22.0 Å². The summed E-state index contributed by atoms with van der Waals surface area (Å²) in [6, 6.07) is 9.63. The molecule has 1 aromatic heterocycles. The van der Waals surface area contributed by atoms with Gasteiger partial charge in [0, 0.05) is 25.0 Å². The first-order valence-electron chi connectivity index (χ1n) is 8.40. The Balaban J connectivity index is 2.06. The van der Waals surface area contributed by atoms with Gasteiger partial charge in [-0.3, -0.25) is 0 Å². The number of hydrogen-bond donors (Lipinski definition) is 0. The van der Waals surface area contributed by atoms with Crippen LogP contribution in [-0.4, -0.2) is 23.8 Å². The van der Waals surface area contributed by atoms with Crippen LogP contribution in [0.3, 0.4) is 0 Å². The lowest BCUT2D eigenvalue weighted by Gasteiger charge is -2.34. The van der Waals surface area contributed by atoms with Crippen LogP contribution in [0.25, 0.3) is 0 Å². The first kappa shape index (κ1) is 17.2. The first-order valence-corrected chi connectivity index (χ1v) is 9.84. The van der Waals surface area contributed by atoms with Gasteiger partial charge in [0.15, 0.2) is 0 Å². The van der Waals surface area contributed by atoms with Gasteiger partial charge in [-0.25, -0.2) is 8.42 Å². The monoisotopic (exact) mass is 346 g/mol. The standard InChI is InChI=1S/C19H26N2O2S/c1-14-8-9-16(19(3,4)5)13-18(14)24(22,23)21-12-11-20-10-6-7-17(20)15(21)2/h6-10,13,15H,11-12H2,1-5H3. The molecule has 1 aromatic carbocycles. The van der Waals surface area contributed by atoms with Crippen LogP contribution in [0.2, 0.25) is 0 Å². The molecule has 0 amide bonds. The number of nitrogens with zero attached hydrogens (tertiary/aromatic N) is 2. The average Bonchev–Trinajstić information content (AvgIpc) is 2.95. The summed E-state index contributed by atoms with van der Waals surface area (Å²) in [5.74, 6) is 0. The minimum atomic E-state index is -3.53. The summed E-state index contributed by atoms with van der Waals surface area (Å²) in [6.45, 7) is 11.3. The van der Waals surface area contributed by atoms with Crippen LogP contribution in [0.5, 0.6) is 0 Å². The molecule has 0 radical (unpaired) electrons. The maximum Gasteiger partial charge on any atom is 0.244 e. The smallest absolute Gasteiger partial charge is 0.244 e. The zero-order valence-corrected chi connectivity index (χ0v) is 15.9. The molecule has 0 saturated heterocycles. The van der Waals surface area contributed by atoms with Crippen LogP contribution in [0.15, 0.2) is 41.4 Å². The topological polar surface area (TPSA) is 42.3 Å². The van der Waals surface area contributed by atoms with Gasteiger partial charge in [0.05, 0.1) is 10.9 Å². The fourth-order valence-electron chi connectivity index (χ4n) is 3.36. The predicted octanol–water partition coefficient (Wildman–Crippen LogP) is 3.86. The van der Waals surface area contributed by atoms with Gasteiger partial charge in [-0.1, -0.05) is 32.9 Å². The maximum atomic E-state index is 13.3. The maximum absolute atomic E-state index is 13.3. The van der Waals surface area contributed by atoms with E-state index < -0.39 is 10.0 Å². The van der Waals surface area contributed by atoms with Gasteiger partial charge in [0.1, 0.15) is 0 Å². The van der Waals surface area contributed by atoms with E-state index in [1.165, 1.54) is 0 Å². The Morgan fingerprint density at radius 1 is 1.12 bits per heavy atom. The van der Waals surface area contributed by atoms with Crippen LogP contribution in [0.1, 0.15) is 50.6 Å². The lowest BCUT2D eigenvalue weighted by molar-refractivity contribution is 0.282. The van der Waals surface area contributed by atoms with Crippen LogP contribution >= 0.6 is 0 Å². The van der Waals surface area contributed by atoms with Gasteiger partial charge in [0.2, 0.25) is 10.0 Å². The van der Waals surface area contributed by atoms with Crippen molar-refractivity contribution in [1.82, 2.24) is 8.87 Å². The number of fused-ring (bicyclic) bond motifs is 1. The lowest BCUT2D eigenvalue weighted by Crippen LogP contribution is -2.40. The second-order valence-electron chi connectivity index (χ2n) is 7.65. The molecule has 0 fully saturated rings. The van der Waals surface area contributed by atoms with Crippen molar-refractivity contribution in [3.05, 3.63) is 53.3 Å². The molecule has 2 aromatic rings. The van der Waals surface area contributed by atoms with Crippen LogP contribution in [0, 0.1) is 6.92 Å². The number of benzene rings is 1. The summed E-state index contributed by atoms with van der Waals surface area (Å²) in [5, 5.41) is 0. The van der Waals surface area contributed by atoms with E-state index in [1.54, 1.807) is 4.31 Å². The van der Waals surface area contributed by atoms with Crippen molar-refractivity contribution in [2.75, 3.05) is 6.54 Å². The van der Waals surface area contributed by atoms with Crippen LogP contribution in [0.4, 0.5) is 0 Å². The summed E-state index contributed by atoms with van der Waals surface area (Å²) in [6.07, 6.45) is 2.02. The third-order valence-electron chi connectivity index (χ3n) is 4.93. The highest BCUT2D eigenvalue weighted by atomic mass is 32.2. The van der Waals surface area contributed by atoms with Crippen molar-refractivity contribution in [3.8, 4) is 0 Å². The van der Waals surface area contributed by atoms with Crippen molar-refractivity contribution < 1.29 is 8.42 Å². The van der Waals surface area contributed by atoms with Gasteiger partial charge >= 0.3 is 0 Å². The van der Waals surface area contributed by atoms with E-state index in [2.05, 4.69) is 25.3 Å². The second-order valence-corrected chi connectivity index (χ2v) is 9.51. The zero-order valence-electron chi connectivity index (χ0n) is 15.1. The number of aryl methyl sites for hydroxylation is 1. The molecule has 4 nitrogen and oxygen atoms in total. The Hall–Kier alpha value is -1.59. The number of hydrogen-bond acceptors (Lipinski definition) is 2.